The van der Waals surface area contributed by atoms with Crippen LogP contribution in [-0.2, 0) is 12.7 Å². The van der Waals surface area contributed by atoms with Gasteiger partial charge in [-0.1, -0.05) is 0 Å². The van der Waals surface area contributed by atoms with Gasteiger partial charge in [0.1, 0.15) is 5.69 Å². The Morgan fingerprint density at radius 1 is 1.15 bits per heavy atom. The molecule has 2 N–H and O–H groups in total. The predicted octanol–water partition coefficient (Wildman–Crippen LogP) is 2.04. The molecule has 27 heavy (non-hydrogen) atoms. The summed E-state index contributed by atoms with van der Waals surface area (Å²) in [5, 5.41) is 0. The third kappa shape index (κ3) is 3.17. The highest BCUT2D eigenvalue weighted by Gasteiger charge is 2.39. The van der Waals surface area contributed by atoms with Gasteiger partial charge in [-0.3, -0.25) is 9.69 Å². The van der Waals surface area contributed by atoms with E-state index >= 15 is 0 Å². The Labute approximate surface area is 153 Å². The van der Waals surface area contributed by atoms with E-state index in [1.807, 2.05) is 0 Å². The molecule has 2 heterocycles. The summed E-state index contributed by atoms with van der Waals surface area (Å²) < 4.78 is 38.8. The molecule has 1 fully saturated rings. The maximum Gasteiger partial charge on any atom is 0.451 e. The van der Waals surface area contributed by atoms with Gasteiger partial charge in [-0.2, -0.15) is 13.2 Å². The summed E-state index contributed by atoms with van der Waals surface area (Å²) >= 11 is 0. The predicted molar refractivity (Wildman–Crippen MR) is 93.1 cm³/mol. The number of benzene rings is 1. The average molecular weight is 377 g/mol. The topological polar surface area (TPSA) is 75.3 Å². The number of hydrogen-bond donors (Lipinski definition) is 1. The Bertz CT molecular complexity index is 920. The molecule has 6 nitrogen and oxygen atoms in total. The van der Waals surface area contributed by atoms with Crippen LogP contribution in [0.5, 0.6) is 0 Å². The molecule has 0 atom stereocenters. The zero-order valence-electron chi connectivity index (χ0n) is 14.7. The molecule has 1 aromatic heterocycles. The fourth-order valence-corrected chi connectivity index (χ4v) is 3.60. The number of carbonyl (C=O) groups excluding carboxylic acids is 1. The van der Waals surface area contributed by atoms with Crippen LogP contribution in [0.1, 0.15) is 27.4 Å². The molecule has 0 unspecified atom stereocenters. The molecule has 1 aromatic carbocycles. The van der Waals surface area contributed by atoms with E-state index in [9.17, 15) is 18.0 Å². The number of nitrogens with zero attached hydrogens (tertiary/aromatic N) is 4. The van der Waals surface area contributed by atoms with Crippen LogP contribution in [-0.4, -0.2) is 58.8 Å². The first-order valence-electron chi connectivity index (χ1n) is 8.56. The Morgan fingerprint density at radius 3 is 2.52 bits per heavy atom. The number of likely N-dealkylation sites (N-methyl/N-ethyl adjacent to an activating group) is 1. The molecule has 2 aliphatic rings. The fraction of sp³-hybridized carbons (Fsp3) is 0.389. The summed E-state index contributed by atoms with van der Waals surface area (Å²) in [6, 6.07) is 3.28. The zero-order valence-corrected chi connectivity index (χ0v) is 14.7. The lowest BCUT2D eigenvalue weighted by Crippen LogP contribution is -2.43. The first kappa shape index (κ1) is 17.9. The zero-order chi connectivity index (χ0) is 19.3. The molecular weight excluding hydrogens is 359 g/mol. The molecule has 0 bridgehead atoms. The number of alkyl halides is 3. The average Bonchev–Trinajstić information content (AvgIpc) is 2.88. The van der Waals surface area contributed by atoms with Gasteiger partial charge in [0, 0.05) is 61.3 Å². The summed E-state index contributed by atoms with van der Waals surface area (Å²) in [7, 11) is 2.06. The van der Waals surface area contributed by atoms with E-state index in [1.165, 1.54) is 6.07 Å². The summed E-state index contributed by atoms with van der Waals surface area (Å²) in [5.41, 5.74) is 8.19. The van der Waals surface area contributed by atoms with Crippen molar-refractivity contribution in [1.82, 2.24) is 19.8 Å². The summed E-state index contributed by atoms with van der Waals surface area (Å²) in [6.07, 6.45) is -3.61. The Hall–Kier alpha value is -2.52. The molecule has 4 rings (SSSR count). The van der Waals surface area contributed by atoms with Crippen LogP contribution in [0.15, 0.2) is 18.3 Å². The van der Waals surface area contributed by atoms with Crippen LogP contribution in [0, 0.1) is 0 Å². The van der Waals surface area contributed by atoms with Gasteiger partial charge in [-0.25, -0.2) is 9.97 Å². The summed E-state index contributed by atoms with van der Waals surface area (Å²) in [5.74, 6) is -1.85. The number of halogens is 3. The van der Waals surface area contributed by atoms with Crippen molar-refractivity contribution in [1.29, 1.82) is 0 Å². The second kappa shape index (κ2) is 6.28. The van der Waals surface area contributed by atoms with Crippen molar-refractivity contribution >= 4 is 11.5 Å². The molecule has 142 valence electrons. The van der Waals surface area contributed by atoms with Crippen LogP contribution in [0.25, 0.3) is 11.1 Å². The maximum absolute atomic E-state index is 12.9. The van der Waals surface area contributed by atoms with Crippen molar-refractivity contribution in [2.75, 3.05) is 39.0 Å². The standard InChI is InChI=1S/C18H18F3N5O/c1-25-2-4-26(5-3-25)9-10-6-11(22)7-12-14(10)13-8-23-17(18(19,20)21)24-15(13)16(12)27/h6-8H,2-5,9,22H2,1H3. The van der Waals surface area contributed by atoms with Gasteiger partial charge in [0.05, 0.1) is 0 Å². The lowest BCUT2D eigenvalue weighted by atomic mass is 9.99. The summed E-state index contributed by atoms with van der Waals surface area (Å²) in [4.78, 5) is 24.1. The van der Waals surface area contributed by atoms with E-state index in [0.29, 0.717) is 28.9 Å². The first-order chi connectivity index (χ1) is 12.7. The lowest BCUT2D eigenvalue weighted by molar-refractivity contribution is -0.145. The molecule has 0 saturated carbocycles. The van der Waals surface area contributed by atoms with Gasteiger partial charge < -0.3 is 10.6 Å². The number of piperazine rings is 1. The van der Waals surface area contributed by atoms with Crippen molar-refractivity contribution < 1.29 is 18.0 Å². The molecule has 0 amide bonds. The number of anilines is 1. The molecule has 0 radical (unpaired) electrons. The van der Waals surface area contributed by atoms with E-state index in [4.69, 9.17) is 5.73 Å². The second-order valence-electron chi connectivity index (χ2n) is 6.96. The van der Waals surface area contributed by atoms with Crippen LogP contribution >= 0.6 is 0 Å². The van der Waals surface area contributed by atoms with Crippen molar-refractivity contribution in [3.05, 3.63) is 41.0 Å². The van der Waals surface area contributed by atoms with Crippen molar-refractivity contribution in [2.24, 2.45) is 0 Å². The second-order valence-corrected chi connectivity index (χ2v) is 6.96. The van der Waals surface area contributed by atoms with E-state index in [-0.39, 0.29) is 5.69 Å². The third-order valence-corrected chi connectivity index (χ3v) is 5.00. The number of fused-ring (bicyclic) bond motifs is 3. The van der Waals surface area contributed by atoms with E-state index in [2.05, 4.69) is 26.8 Å². The largest absolute Gasteiger partial charge is 0.451 e. The van der Waals surface area contributed by atoms with E-state index in [1.54, 1.807) is 6.07 Å². The van der Waals surface area contributed by atoms with Gasteiger partial charge in [-0.15, -0.1) is 0 Å². The maximum atomic E-state index is 12.9. The number of hydrogen-bond acceptors (Lipinski definition) is 6. The molecule has 0 spiro atoms. The SMILES string of the molecule is CN1CCN(Cc2cc(N)cc3c2-c2cnc(C(F)(F)F)nc2C3=O)CC1. The minimum Gasteiger partial charge on any atom is -0.399 e. The number of rotatable bonds is 2. The van der Waals surface area contributed by atoms with Gasteiger partial charge in [0.2, 0.25) is 11.6 Å². The fourth-order valence-electron chi connectivity index (χ4n) is 3.60. The number of aromatic nitrogens is 2. The van der Waals surface area contributed by atoms with Gasteiger partial charge in [-0.05, 0) is 24.7 Å². The molecule has 1 saturated heterocycles. The number of nitrogens with two attached hydrogens (primary N) is 1. The van der Waals surface area contributed by atoms with Gasteiger partial charge >= 0.3 is 6.18 Å². The molecule has 1 aliphatic heterocycles. The Kier molecular flexibility index (Phi) is 4.15. The van der Waals surface area contributed by atoms with Gasteiger partial charge in [0.15, 0.2) is 0 Å². The molecular formula is C18H18F3N5O. The first-order valence-corrected chi connectivity index (χ1v) is 8.56. The van der Waals surface area contributed by atoms with Crippen molar-refractivity contribution in [3.8, 4) is 11.1 Å². The highest BCUT2D eigenvalue weighted by atomic mass is 19.4. The highest BCUT2D eigenvalue weighted by Crippen LogP contribution is 2.40. The minimum atomic E-state index is -4.70. The van der Waals surface area contributed by atoms with Crippen LogP contribution in [0.4, 0.5) is 18.9 Å². The quantitative estimate of drug-likeness (QED) is 0.689. The Morgan fingerprint density at radius 2 is 1.85 bits per heavy atom. The van der Waals surface area contributed by atoms with E-state index in [0.717, 1.165) is 37.9 Å². The Balaban J connectivity index is 1.76. The third-order valence-electron chi connectivity index (χ3n) is 5.00. The van der Waals surface area contributed by atoms with Crippen LogP contribution in [0.2, 0.25) is 0 Å². The monoisotopic (exact) mass is 377 g/mol. The number of ketones is 1. The van der Waals surface area contributed by atoms with Crippen molar-refractivity contribution in [2.45, 2.75) is 12.7 Å². The van der Waals surface area contributed by atoms with Crippen LogP contribution in [0.3, 0.4) is 0 Å². The molecule has 2 aromatic rings. The minimum absolute atomic E-state index is 0.211. The number of carbonyl (C=O) groups is 1. The van der Waals surface area contributed by atoms with Gasteiger partial charge in [0.25, 0.3) is 0 Å². The van der Waals surface area contributed by atoms with E-state index < -0.39 is 17.8 Å². The smallest absolute Gasteiger partial charge is 0.399 e. The molecule has 9 heteroatoms. The highest BCUT2D eigenvalue weighted by molar-refractivity contribution is 6.21. The lowest BCUT2D eigenvalue weighted by Gasteiger charge is -2.32. The normalized spacial score (nSPS) is 17.9. The molecule has 1 aliphatic carbocycles. The van der Waals surface area contributed by atoms with Crippen LogP contribution < -0.4 is 5.73 Å². The van der Waals surface area contributed by atoms with Crippen molar-refractivity contribution in [3.63, 3.8) is 0 Å². The number of nitrogen functional groups attached to an aromatic ring is 1. The summed E-state index contributed by atoms with van der Waals surface area (Å²) in [6.45, 7) is 4.15.